The first-order chi connectivity index (χ1) is 9.72. The molecule has 2 atom stereocenters. The van der Waals surface area contributed by atoms with Crippen LogP contribution in [-0.2, 0) is 16.1 Å². The predicted molar refractivity (Wildman–Crippen MR) is 84.1 cm³/mol. The van der Waals surface area contributed by atoms with E-state index in [-0.39, 0.29) is 17.4 Å². The van der Waals surface area contributed by atoms with Crippen LogP contribution in [0.25, 0.3) is 0 Å². The number of aromatic nitrogens is 1. The summed E-state index contributed by atoms with van der Waals surface area (Å²) in [4.78, 5) is 18.8. The molecule has 2 N–H and O–H groups in total. The quantitative estimate of drug-likeness (QED) is 0.902. The number of nitrogens with zero attached hydrogens (tertiary/aromatic N) is 2. The Balaban J connectivity index is 2.05. The number of carbonyl (C=O) groups is 1. The van der Waals surface area contributed by atoms with Gasteiger partial charge in [0.05, 0.1) is 23.4 Å². The fraction of sp³-hybridized carbons (Fsp3) is 0.733. The molecule has 0 bridgehead atoms. The molecule has 0 spiro atoms. The Morgan fingerprint density at radius 1 is 1.62 bits per heavy atom. The smallest absolute Gasteiger partial charge is 0.243 e. The van der Waals surface area contributed by atoms with Crippen LogP contribution in [0.4, 0.5) is 0 Å². The number of ether oxygens (including phenoxy) is 1. The van der Waals surface area contributed by atoms with Gasteiger partial charge in [0.1, 0.15) is 5.54 Å². The maximum Gasteiger partial charge on any atom is 0.243 e. The van der Waals surface area contributed by atoms with Crippen LogP contribution in [0.1, 0.15) is 37.9 Å². The molecule has 0 radical (unpaired) electrons. The number of nitrogens with two attached hydrogens (primary N) is 1. The third-order valence-corrected chi connectivity index (χ3v) is 5.45. The van der Waals surface area contributed by atoms with E-state index in [2.05, 4.69) is 4.98 Å². The van der Waals surface area contributed by atoms with E-state index in [4.69, 9.17) is 10.5 Å². The Bertz CT molecular complexity index is 529. The summed E-state index contributed by atoms with van der Waals surface area (Å²) in [7, 11) is 1.79. The van der Waals surface area contributed by atoms with Crippen molar-refractivity contribution in [2.75, 3.05) is 13.7 Å². The Morgan fingerprint density at radius 3 is 2.76 bits per heavy atom. The Morgan fingerprint density at radius 2 is 2.29 bits per heavy atom. The van der Waals surface area contributed by atoms with Gasteiger partial charge in [0, 0.05) is 30.9 Å². The van der Waals surface area contributed by atoms with Crippen LogP contribution in [0, 0.1) is 12.3 Å². The number of aryl methyl sites for hydroxylation is 1. The second-order valence-corrected chi connectivity index (χ2v) is 7.42. The summed E-state index contributed by atoms with van der Waals surface area (Å²) in [5, 5.41) is 2.99. The molecule has 1 amide bonds. The highest BCUT2D eigenvalue weighted by atomic mass is 32.1. The maximum atomic E-state index is 12.7. The van der Waals surface area contributed by atoms with E-state index in [9.17, 15) is 4.79 Å². The van der Waals surface area contributed by atoms with Crippen molar-refractivity contribution in [2.45, 2.75) is 52.3 Å². The van der Waals surface area contributed by atoms with Crippen LogP contribution in [0.3, 0.4) is 0 Å². The highest BCUT2D eigenvalue weighted by Gasteiger charge is 2.63. The van der Waals surface area contributed by atoms with Crippen molar-refractivity contribution in [3.8, 4) is 0 Å². The lowest BCUT2D eigenvalue weighted by Crippen LogP contribution is -2.75. The summed E-state index contributed by atoms with van der Waals surface area (Å²) in [5.41, 5.74) is 6.12. The molecule has 1 aromatic heterocycles. The van der Waals surface area contributed by atoms with Crippen LogP contribution < -0.4 is 5.73 Å². The molecule has 1 aliphatic carbocycles. The van der Waals surface area contributed by atoms with E-state index < -0.39 is 5.54 Å². The van der Waals surface area contributed by atoms with E-state index in [0.717, 1.165) is 10.7 Å². The minimum Gasteiger partial charge on any atom is -0.378 e. The lowest BCUT2D eigenvalue weighted by molar-refractivity contribution is -0.178. The average Bonchev–Trinajstić information content (AvgIpc) is 2.82. The maximum absolute atomic E-state index is 12.7. The van der Waals surface area contributed by atoms with E-state index in [0.29, 0.717) is 19.6 Å². The number of likely N-dealkylation sites (N-methyl/N-ethyl adjacent to an activating group) is 1. The van der Waals surface area contributed by atoms with Crippen molar-refractivity contribution in [1.82, 2.24) is 9.88 Å². The lowest BCUT2D eigenvalue weighted by Gasteiger charge is -2.58. The van der Waals surface area contributed by atoms with Gasteiger partial charge < -0.3 is 15.4 Å². The van der Waals surface area contributed by atoms with Crippen molar-refractivity contribution in [3.05, 3.63) is 16.1 Å². The molecule has 1 saturated carbocycles. The Kier molecular flexibility index (Phi) is 4.42. The molecule has 5 nitrogen and oxygen atoms in total. The van der Waals surface area contributed by atoms with E-state index >= 15 is 0 Å². The molecule has 0 aliphatic heterocycles. The zero-order chi connectivity index (χ0) is 15.8. The van der Waals surface area contributed by atoms with Crippen molar-refractivity contribution < 1.29 is 9.53 Å². The molecular weight excluding hydrogens is 286 g/mol. The largest absolute Gasteiger partial charge is 0.378 e. The fourth-order valence-corrected chi connectivity index (χ4v) is 3.54. The highest BCUT2D eigenvalue weighted by Crippen LogP contribution is 2.50. The molecule has 1 aromatic rings. The molecule has 2 unspecified atom stereocenters. The summed E-state index contributed by atoms with van der Waals surface area (Å²) in [6.07, 6.45) is 0.624. The Hall–Kier alpha value is -0.980. The SMILES string of the molecule is CCOC1CC(N)(C(=O)N(C)Cc2csc(C)n2)C1(C)C. The number of carbonyl (C=O) groups excluding carboxylic acids is 1. The minimum absolute atomic E-state index is 0.0332. The van der Waals surface area contributed by atoms with E-state index in [1.165, 1.54) is 0 Å². The summed E-state index contributed by atoms with van der Waals surface area (Å²) in [6, 6.07) is 0. The van der Waals surface area contributed by atoms with Gasteiger partial charge in [-0.1, -0.05) is 13.8 Å². The molecular formula is C15H25N3O2S. The number of hydrogen-bond acceptors (Lipinski definition) is 5. The number of thiazole rings is 1. The molecule has 118 valence electrons. The molecule has 0 saturated heterocycles. The molecule has 21 heavy (non-hydrogen) atoms. The fourth-order valence-electron chi connectivity index (χ4n) is 2.93. The first kappa shape index (κ1) is 16.4. The zero-order valence-electron chi connectivity index (χ0n) is 13.5. The number of amides is 1. The molecule has 1 heterocycles. The van der Waals surface area contributed by atoms with Gasteiger partial charge >= 0.3 is 0 Å². The van der Waals surface area contributed by atoms with Gasteiger partial charge in [-0.05, 0) is 13.8 Å². The van der Waals surface area contributed by atoms with Crippen LogP contribution in [-0.4, -0.2) is 41.1 Å². The van der Waals surface area contributed by atoms with Crippen molar-refractivity contribution in [1.29, 1.82) is 0 Å². The number of hydrogen-bond donors (Lipinski definition) is 1. The van der Waals surface area contributed by atoms with Crippen molar-refractivity contribution in [3.63, 3.8) is 0 Å². The van der Waals surface area contributed by atoms with Gasteiger partial charge in [-0.3, -0.25) is 4.79 Å². The first-order valence-corrected chi connectivity index (χ1v) is 8.17. The second kappa shape index (κ2) is 5.66. The zero-order valence-corrected chi connectivity index (χ0v) is 14.3. The van der Waals surface area contributed by atoms with Crippen molar-refractivity contribution in [2.24, 2.45) is 11.1 Å². The molecule has 0 aromatic carbocycles. The number of rotatable bonds is 5. The summed E-state index contributed by atoms with van der Waals surface area (Å²) in [6.45, 7) is 9.09. The van der Waals surface area contributed by atoms with Crippen LogP contribution in [0.5, 0.6) is 0 Å². The third kappa shape index (κ3) is 2.72. The van der Waals surface area contributed by atoms with E-state index in [1.807, 2.05) is 33.1 Å². The summed E-state index contributed by atoms with van der Waals surface area (Å²) >= 11 is 1.59. The van der Waals surface area contributed by atoms with Crippen LogP contribution >= 0.6 is 11.3 Å². The van der Waals surface area contributed by atoms with Gasteiger partial charge in [0.2, 0.25) is 5.91 Å². The molecule has 1 aliphatic rings. The predicted octanol–water partition coefficient (Wildman–Crippen LogP) is 1.94. The summed E-state index contributed by atoms with van der Waals surface area (Å²) < 4.78 is 5.68. The van der Waals surface area contributed by atoms with Gasteiger partial charge in [0.15, 0.2) is 0 Å². The second-order valence-electron chi connectivity index (χ2n) is 6.36. The van der Waals surface area contributed by atoms with Gasteiger partial charge in [0.25, 0.3) is 0 Å². The standard InChI is InChI=1S/C15H25N3O2S/c1-6-20-12-7-15(16,14(12,3)4)13(19)18(5)8-11-9-21-10(2)17-11/h9,12H,6-8,16H2,1-5H3. The molecule has 6 heteroatoms. The van der Waals surface area contributed by atoms with Crippen molar-refractivity contribution >= 4 is 17.2 Å². The third-order valence-electron chi connectivity index (χ3n) is 4.62. The average molecular weight is 311 g/mol. The van der Waals surface area contributed by atoms with E-state index in [1.54, 1.807) is 23.3 Å². The van der Waals surface area contributed by atoms with Crippen LogP contribution in [0.15, 0.2) is 5.38 Å². The van der Waals surface area contributed by atoms with Gasteiger partial charge in [-0.2, -0.15) is 0 Å². The van der Waals surface area contributed by atoms with Gasteiger partial charge in [-0.15, -0.1) is 11.3 Å². The summed E-state index contributed by atoms with van der Waals surface area (Å²) in [5.74, 6) is -0.0332. The molecule has 1 fully saturated rings. The Labute approximate surface area is 130 Å². The normalized spacial score (nSPS) is 27.2. The highest BCUT2D eigenvalue weighted by molar-refractivity contribution is 7.09. The monoisotopic (exact) mass is 311 g/mol. The lowest BCUT2D eigenvalue weighted by atomic mass is 9.54. The minimum atomic E-state index is -0.855. The van der Waals surface area contributed by atoms with Crippen LogP contribution in [0.2, 0.25) is 0 Å². The first-order valence-electron chi connectivity index (χ1n) is 7.29. The van der Waals surface area contributed by atoms with Gasteiger partial charge in [-0.25, -0.2) is 4.98 Å². The topological polar surface area (TPSA) is 68.5 Å². The molecule has 2 rings (SSSR count).